The molecule has 0 saturated heterocycles. The van der Waals surface area contributed by atoms with E-state index in [9.17, 15) is 8.42 Å². The Balaban J connectivity index is -0.0000000933. The van der Waals surface area contributed by atoms with Crippen molar-refractivity contribution in [2.45, 2.75) is 13.8 Å². The number of aliphatic hydroxyl groups is 2. The van der Waals surface area contributed by atoms with Crippen molar-refractivity contribution in [3.05, 3.63) is 0 Å². The van der Waals surface area contributed by atoms with Gasteiger partial charge < -0.3 is 10.2 Å². The van der Waals surface area contributed by atoms with Crippen LogP contribution in [0, 0.1) is 0 Å². The van der Waals surface area contributed by atoms with Gasteiger partial charge in [-0.1, -0.05) is 0 Å². The molecule has 0 fully saturated rings. The molecule has 0 amide bonds. The van der Waals surface area contributed by atoms with E-state index in [2.05, 4.69) is 10.3 Å². The van der Waals surface area contributed by atoms with Crippen LogP contribution in [-0.2, 0) is 10.2 Å². The van der Waals surface area contributed by atoms with Gasteiger partial charge in [-0.3, -0.25) is 0 Å². The molecule has 72 valence electrons. The predicted molar refractivity (Wildman–Crippen MR) is 42.8 cm³/mol. The Morgan fingerprint density at radius 1 is 1.09 bits per heavy atom. The van der Waals surface area contributed by atoms with Crippen molar-refractivity contribution >= 4 is 10.2 Å². The summed E-state index contributed by atoms with van der Waals surface area (Å²) in [6.45, 7) is 3.86. The highest BCUT2D eigenvalue weighted by Crippen LogP contribution is 1.40. The zero-order valence-electron chi connectivity index (χ0n) is 6.69. The minimum absolute atomic E-state index is 0.250. The summed E-state index contributed by atoms with van der Waals surface area (Å²) in [6.07, 6.45) is 0. The molecule has 0 aliphatic rings. The number of nitrogens with two attached hydrogens (primary N) is 2. The first-order valence-corrected chi connectivity index (χ1v) is 4.46. The van der Waals surface area contributed by atoms with Crippen molar-refractivity contribution in [2.75, 3.05) is 13.2 Å². The van der Waals surface area contributed by atoms with Gasteiger partial charge in [0, 0.05) is 13.2 Å². The van der Waals surface area contributed by atoms with Crippen LogP contribution in [0.25, 0.3) is 0 Å². The lowest BCUT2D eigenvalue weighted by Crippen LogP contribution is -2.21. The summed E-state index contributed by atoms with van der Waals surface area (Å²) >= 11 is 0. The minimum atomic E-state index is -3.67. The molecule has 0 atom stereocenters. The first kappa shape index (κ1) is 17.0. The third-order valence-electron chi connectivity index (χ3n) is 0. The lowest BCUT2D eigenvalue weighted by molar-refractivity contribution is 0.318. The van der Waals surface area contributed by atoms with Crippen molar-refractivity contribution in [1.82, 2.24) is 0 Å². The van der Waals surface area contributed by atoms with E-state index >= 15 is 0 Å². The number of aliphatic hydroxyl groups excluding tert-OH is 2. The van der Waals surface area contributed by atoms with Gasteiger partial charge in [-0.15, -0.1) is 0 Å². The molecule has 0 unspecified atom stereocenters. The summed E-state index contributed by atoms with van der Waals surface area (Å²) in [5, 5.41) is 23.3. The standard InChI is InChI=1S/2C2H6O.H4N2O2S/c2*1-2-3;1-5(2,3)4/h2*3H,2H2,1H3;(H4,1,2,3,4). The van der Waals surface area contributed by atoms with Crippen molar-refractivity contribution in [3.63, 3.8) is 0 Å². The summed E-state index contributed by atoms with van der Waals surface area (Å²) < 4.78 is 18.4. The molecule has 0 aliphatic heterocycles. The molecule has 0 aromatic rings. The molecular weight excluding hydrogens is 172 g/mol. The highest BCUT2D eigenvalue weighted by Gasteiger charge is 1.78. The van der Waals surface area contributed by atoms with E-state index in [0.717, 1.165) is 0 Å². The van der Waals surface area contributed by atoms with Crippen LogP contribution >= 0.6 is 0 Å². The second-order valence-corrected chi connectivity index (χ2v) is 2.40. The summed E-state index contributed by atoms with van der Waals surface area (Å²) in [5.41, 5.74) is 0. The normalized spacial score (nSPS) is 8.55. The van der Waals surface area contributed by atoms with Crippen LogP contribution in [0.2, 0.25) is 0 Å². The zero-order chi connectivity index (χ0) is 9.91. The molecule has 0 spiro atoms. The van der Waals surface area contributed by atoms with Gasteiger partial charge in [0.2, 0.25) is 0 Å². The Morgan fingerprint density at radius 3 is 1.09 bits per heavy atom. The smallest absolute Gasteiger partial charge is 0.271 e. The Bertz CT molecular complexity index is 123. The molecular formula is C4H16N2O4S. The number of hydrogen-bond donors (Lipinski definition) is 4. The summed E-state index contributed by atoms with van der Waals surface area (Å²) in [5.74, 6) is 0. The van der Waals surface area contributed by atoms with E-state index in [1.807, 2.05) is 0 Å². The quantitative estimate of drug-likeness (QED) is 0.355. The third-order valence-corrected chi connectivity index (χ3v) is 0. The van der Waals surface area contributed by atoms with Gasteiger partial charge in [0.15, 0.2) is 0 Å². The first-order chi connectivity index (χ1) is 4.83. The van der Waals surface area contributed by atoms with Gasteiger partial charge in [0.1, 0.15) is 0 Å². The van der Waals surface area contributed by atoms with Crippen molar-refractivity contribution in [1.29, 1.82) is 0 Å². The lowest BCUT2D eigenvalue weighted by Gasteiger charge is -1.72. The third kappa shape index (κ3) is 13500. The molecule has 0 aliphatic carbocycles. The summed E-state index contributed by atoms with van der Waals surface area (Å²) in [7, 11) is -3.67. The maximum atomic E-state index is 9.19. The predicted octanol–water partition coefficient (Wildman–Crippen LogP) is -1.85. The van der Waals surface area contributed by atoms with Gasteiger partial charge in [-0.25, -0.2) is 10.3 Å². The molecule has 0 aromatic heterocycles. The Kier molecular flexibility index (Phi) is 19.3. The van der Waals surface area contributed by atoms with Gasteiger partial charge in [0.05, 0.1) is 0 Å². The van der Waals surface area contributed by atoms with Crippen LogP contribution in [-0.4, -0.2) is 31.8 Å². The maximum absolute atomic E-state index is 9.19. The molecule has 0 radical (unpaired) electrons. The van der Waals surface area contributed by atoms with Gasteiger partial charge in [-0.2, -0.15) is 8.42 Å². The first-order valence-electron chi connectivity index (χ1n) is 2.85. The molecule has 11 heavy (non-hydrogen) atoms. The van der Waals surface area contributed by atoms with E-state index in [0.29, 0.717) is 0 Å². The fraction of sp³-hybridized carbons (Fsp3) is 1.00. The van der Waals surface area contributed by atoms with Crippen LogP contribution in [0.5, 0.6) is 0 Å². The Hall–Kier alpha value is -0.210. The van der Waals surface area contributed by atoms with Crippen LogP contribution in [0.4, 0.5) is 0 Å². The molecule has 0 aromatic carbocycles. The van der Waals surface area contributed by atoms with E-state index in [4.69, 9.17) is 10.2 Å². The topological polar surface area (TPSA) is 127 Å². The second kappa shape index (κ2) is 12.5. The Labute approximate surface area is 67.0 Å². The molecule has 6 nitrogen and oxygen atoms in total. The lowest BCUT2D eigenvalue weighted by atomic mass is 10.9. The van der Waals surface area contributed by atoms with Crippen LogP contribution in [0.1, 0.15) is 13.8 Å². The molecule has 6 N–H and O–H groups in total. The summed E-state index contributed by atoms with van der Waals surface area (Å²) in [6, 6.07) is 0. The number of rotatable bonds is 0. The highest BCUT2D eigenvalue weighted by atomic mass is 32.2. The minimum Gasteiger partial charge on any atom is -0.397 e. The van der Waals surface area contributed by atoms with Gasteiger partial charge in [-0.05, 0) is 13.8 Å². The molecule has 7 heteroatoms. The zero-order valence-corrected chi connectivity index (χ0v) is 7.50. The molecule has 0 bridgehead atoms. The van der Waals surface area contributed by atoms with Crippen LogP contribution in [0.3, 0.4) is 0 Å². The van der Waals surface area contributed by atoms with Crippen molar-refractivity contribution in [3.8, 4) is 0 Å². The maximum Gasteiger partial charge on any atom is 0.271 e. The van der Waals surface area contributed by atoms with Crippen LogP contribution < -0.4 is 10.3 Å². The molecule has 0 rings (SSSR count). The average Bonchev–Trinajstić information content (AvgIpc) is 1.62. The monoisotopic (exact) mass is 188 g/mol. The van der Waals surface area contributed by atoms with Crippen molar-refractivity contribution < 1.29 is 18.6 Å². The largest absolute Gasteiger partial charge is 0.397 e. The van der Waals surface area contributed by atoms with Crippen molar-refractivity contribution in [2.24, 2.45) is 10.3 Å². The molecule has 0 saturated carbocycles. The van der Waals surface area contributed by atoms with Crippen LogP contribution in [0.15, 0.2) is 0 Å². The fourth-order valence-electron chi connectivity index (χ4n) is 0. The van der Waals surface area contributed by atoms with E-state index in [1.54, 1.807) is 13.8 Å². The number of hydrogen-bond acceptors (Lipinski definition) is 4. The average molecular weight is 188 g/mol. The Morgan fingerprint density at radius 2 is 1.09 bits per heavy atom. The van der Waals surface area contributed by atoms with Gasteiger partial charge >= 0.3 is 0 Å². The highest BCUT2D eigenvalue weighted by molar-refractivity contribution is 7.86. The van der Waals surface area contributed by atoms with E-state index in [1.165, 1.54) is 0 Å². The summed E-state index contributed by atoms with van der Waals surface area (Å²) in [4.78, 5) is 0. The van der Waals surface area contributed by atoms with E-state index < -0.39 is 10.2 Å². The fourth-order valence-corrected chi connectivity index (χ4v) is 0. The van der Waals surface area contributed by atoms with Gasteiger partial charge in [0.25, 0.3) is 10.2 Å². The molecule has 0 heterocycles. The van der Waals surface area contributed by atoms with E-state index in [-0.39, 0.29) is 13.2 Å². The second-order valence-electron chi connectivity index (χ2n) is 1.22. The SMILES string of the molecule is CCO.CCO.NS(N)(=O)=O.